The maximum Gasteiger partial charge on any atom is 0.320 e. The average Bonchev–Trinajstić information content (AvgIpc) is 3.26. The molecule has 0 radical (unpaired) electrons. The van der Waals surface area contributed by atoms with Crippen molar-refractivity contribution in [3.63, 3.8) is 0 Å². The first-order valence-corrected chi connectivity index (χ1v) is 13.9. The number of carbonyl (C=O) groups is 2. The Balaban J connectivity index is 1.17. The Kier molecular flexibility index (Phi) is 6.92. The predicted octanol–water partition coefficient (Wildman–Crippen LogP) is 1.43. The number of nitrogens with zero attached hydrogens (tertiary/aromatic N) is 3. The first kappa shape index (κ1) is 25.7. The Morgan fingerprint density at radius 3 is 2.72 bits per heavy atom. The van der Waals surface area contributed by atoms with Crippen LogP contribution in [0.25, 0.3) is 0 Å². The summed E-state index contributed by atoms with van der Waals surface area (Å²) in [4.78, 5) is 28.2. The maximum atomic E-state index is 13.4. The standard InChI is InChI=1S/C23H30ClFN4O6S/c1-27(36(32,33)20-3-2-15(25)10-17(20)24)16-11-23(35-13-16)5-8-28(9-6-23)22(31)29-7-4-19-18(12-29)26-21(30)14-34-19/h2-3,10,16,18-19H,4-9,11-14H2,1H3,(H,26,30)/t16-,18-,19?/m1/s1. The Bertz CT molecular complexity index is 1150. The van der Waals surface area contributed by atoms with Gasteiger partial charge in [-0.1, -0.05) is 11.6 Å². The number of carbonyl (C=O) groups excluding carboxylic acids is 2. The van der Waals surface area contributed by atoms with Crippen molar-refractivity contribution in [3.8, 4) is 0 Å². The van der Waals surface area contributed by atoms with Crippen LogP contribution in [0.5, 0.6) is 0 Å². The molecule has 4 fully saturated rings. The van der Waals surface area contributed by atoms with E-state index in [-0.39, 0.29) is 47.2 Å². The summed E-state index contributed by atoms with van der Waals surface area (Å²) in [5.74, 6) is -0.764. The number of hydrogen-bond acceptors (Lipinski definition) is 6. The number of ether oxygens (including phenoxy) is 2. The van der Waals surface area contributed by atoms with E-state index in [4.69, 9.17) is 21.1 Å². The number of hydrogen-bond donors (Lipinski definition) is 1. The van der Waals surface area contributed by atoms with Gasteiger partial charge in [0.2, 0.25) is 15.9 Å². The number of sulfonamides is 1. The quantitative estimate of drug-likeness (QED) is 0.617. The zero-order valence-electron chi connectivity index (χ0n) is 20.0. The molecule has 36 heavy (non-hydrogen) atoms. The average molecular weight is 545 g/mol. The molecule has 198 valence electrons. The highest BCUT2D eigenvalue weighted by atomic mass is 35.5. The molecule has 10 nitrogen and oxygen atoms in total. The van der Waals surface area contributed by atoms with Crippen LogP contribution in [-0.2, 0) is 24.3 Å². The fourth-order valence-electron chi connectivity index (χ4n) is 5.62. The Labute approximate surface area is 214 Å². The molecule has 0 aromatic heterocycles. The number of halogens is 2. The van der Waals surface area contributed by atoms with Crippen molar-refractivity contribution in [1.82, 2.24) is 19.4 Å². The van der Waals surface area contributed by atoms with E-state index in [1.807, 2.05) is 0 Å². The van der Waals surface area contributed by atoms with Gasteiger partial charge in [0.15, 0.2) is 0 Å². The van der Waals surface area contributed by atoms with E-state index >= 15 is 0 Å². The number of likely N-dealkylation sites (N-methyl/N-ethyl adjacent to an activating group) is 1. The second-order valence-electron chi connectivity index (χ2n) is 9.98. The summed E-state index contributed by atoms with van der Waals surface area (Å²) in [5.41, 5.74) is -0.504. The molecular weight excluding hydrogens is 515 g/mol. The van der Waals surface area contributed by atoms with E-state index in [9.17, 15) is 22.4 Å². The van der Waals surface area contributed by atoms with Gasteiger partial charge >= 0.3 is 6.03 Å². The molecule has 1 spiro atoms. The van der Waals surface area contributed by atoms with Gasteiger partial charge in [0.05, 0.1) is 35.4 Å². The lowest BCUT2D eigenvalue weighted by atomic mass is 9.87. The Hall–Kier alpha value is -1.99. The summed E-state index contributed by atoms with van der Waals surface area (Å²) in [6.45, 7) is 2.29. The number of likely N-dealkylation sites (tertiary alicyclic amines) is 2. The zero-order valence-corrected chi connectivity index (χ0v) is 21.6. The van der Waals surface area contributed by atoms with Gasteiger partial charge < -0.3 is 24.6 Å². The molecule has 0 bridgehead atoms. The summed E-state index contributed by atoms with van der Waals surface area (Å²) in [6, 6.07) is 2.58. The van der Waals surface area contributed by atoms with Crippen LogP contribution in [0.15, 0.2) is 23.1 Å². The maximum absolute atomic E-state index is 13.4. The van der Waals surface area contributed by atoms with Crippen LogP contribution in [0.2, 0.25) is 5.02 Å². The van der Waals surface area contributed by atoms with Gasteiger partial charge in [0.25, 0.3) is 0 Å². The van der Waals surface area contributed by atoms with Gasteiger partial charge in [0.1, 0.15) is 17.3 Å². The molecule has 4 aliphatic rings. The van der Waals surface area contributed by atoms with E-state index in [0.29, 0.717) is 51.9 Å². The molecule has 3 amide bonds. The lowest BCUT2D eigenvalue weighted by Gasteiger charge is -2.44. The second kappa shape index (κ2) is 9.71. The van der Waals surface area contributed by atoms with Gasteiger partial charge in [-0.3, -0.25) is 4.79 Å². The topological polar surface area (TPSA) is 108 Å². The second-order valence-corrected chi connectivity index (χ2v) is 12.3. The van der Waals surface area contributed by atoms with Gasteiger partial charge in [-0.15, -0.1) is 0 Å². The largest absolute Gasteiger partial charge is 0.373 e. The first-order valence-electron chi connectivity index (χ1n) is 12.1. The van der Waals surface area contributed by atoms with E-state index < -0.39 is 27.5 Å². The van der Waals surface area contributed by atoms with Crippen molar-refractivity contribution in [3.05, 3.63) is 29.0 Å². The van der Waals surface area contributed by atoms with Crippen LogP contribution < -0.4 is 5.32 Å². The van der Waals surface area contributed by atoms with E-state index in [1.165, 1.54) is 17.4 Å². The number of amides is 3. The lowest BCUT2D eigenvalue weighted by Crippen LogP contribution is -2.63. The van der Waals surface area contributed by atoms with Crippen molar-refractivity contribution < 1.29 is 31.9 Å². The molecule has 4 saturated heterocycles. The smallest absolute Gasteiger partial charge is 0.320 e. The summed E-state index contributed by atoms with van der Waals surface area (Å²) in [7, 11) is -2.45. The fraction of sp³-hybridized carbons (Fsp3) is 0.652. The first-order chi connectivity index (χ1) is 17.1. The highest BCUT2D eigenvalue weighted by Crippen LogP contribution is 2.39. The third-order valence-corrected chi connectivity index (χ3v) is 10.2. The fourth-order valence-corrected chi connectivity index (χ4v) is 7.46. The summed E-state index contributed by atoms with van der Waals surface area (Å²) in [5, 5.41) is 2.75. The number of fused-ring (bicyclic) bond motifs is 1. The van der Waals surface area contributed by atoms with Gasteiger partial charge in [-0.2, -0.15) is 4.31 Å². The highest BCUT2D eigenvalue weighted by molar-refractivity contribution is 7.89. The third kappa shape index (κ3) is 4.81. The monoisotopic (exact) mass is 544 g/mol. The Morgan fingerprint density at radius 1 is 1.25 bits per heavy atom. The van der Waals surface area contributed by atoms with Crippen molar-refractivity contribution in [2.75, 3.05) is 46.4 Å². The van der Waals surface area contributed by atoms with Crippen molar-refractivity contribution in [2.24, 2.45) is 0 Å². The zero-order chi connectivity index (χ0) is 25.7. The van der Waals surface area contributed by atoms with Crippen LogP contribution in [0.3, 0.4) is 0 Å². The number of nitrogens with one attached hydrogen (secondary N) is 1. The van der Waals surface area contributed by atoms with Crippen LogP contribution in [0, 0.1) is 5.82 Å². The molecule has 5 rings (SSSR count). The molecule has 1 unspecified atom stereocenters. The number of rotatable bonds is 3. The molecule has 4 aliphatic heterocycles. The summed E-state index contributed by atoms with van der Waals surface area (Å²) in [6.07, 6.45) is 2.32. The summed E-state index contributed by atoms with van der Waals surface area (Å²) < 4.78 is 52.6. The third-order valence-electron chi connectivity index (χ3n) is 7.79. The summed E-state index contributed by atoms with van der Waals surface area (Å²) >= 11 is 6.02. The molecule has 0 saturated carbocycles. The highest BCUT2D eigenvalue weighted by Gasteiger charge is 2.47. The van der Waals surface area contributed by atoms with Gasteiger partial charge in [-0.25, -0.2) is 17.6 Å². The molecule has 1 aromatic rings. The van der Waals surface area contributed by atoms with E-state index in [0.717, 1.165) is 12.1 Å². The molecule has 0 aliphatic carbocycles. The number of piperidine rings is 2. The molecule has 3 atom stereocenters. The lowest BCUT2D eigenvalue weighted by molar-refractivity contribution is -0.139. The molecule has 13 heteroatoms. The van der Waals surface area contributed by atoms with Gasteiger partial charge in [-0.05, 0) is 43.9 Å². The minimum Gasteiger partial charge on any atom is -0.373 e. The molecule has 1 N–H and O–H groups in total. The van der Waals surface area contributed by atoms with Gasteiger partial charge in [0, 0.05) is 33.2 Å². The predicted molar refractivity (Wildman–Crippen MR) is 128 cm³/mol. The number of benzene rings is 1. The van der Waals surface area contributed by atoms with Crippen LogP contribution >= 0.6 is 11.6 Å². The van der Waals surface area contributed by atoms with Crippen molar-refractivity contribution >= 4 is 33.6 Å². The van der Waals surface area contributed by atoms with Crippen LogP contribution in [0.4, 0.5) is 9.18 Å². The molecule has 1 aromatic carbocycles. The number of morpholine rings is 1. The normalized spacial score (nSPS) is 28.3. The van der Waals surface area contributed by atoms with Crippen molar-refractivity contribution in [2.45, 2.75) is 54.4 Å². The Morgan fingerprint density at radius 2 is 2.00 bits per heavy atom. The molecule has 4 heterocycles. The minimum absolute atomic E-state index is 0.0572. The van der Waals surface area contributed by atoms with Crippen molar-refractivity contribution in [1.29, 1.82) is 0 Å². The van der Waals surface area contributed by atoms with E-state index in [1.54, 1.807) is 9.80 Å². The molecular formula is C23H30ClFN4O6S. The minimum atomic E-state index is -3.93. The van der Waals surface area contributed by atoms with E-state index in [2.05, 4.69) is 5.32 Å². The number of urea groups is 1. The van der Waals surface area contributed by atoms with Crippen LogP contribution in [0.1, 0.15) is 25.7 Å². The SMILES string of the molecule is CN([C@H]1COC2(CCN(C(=O)N3CCC4OCC(=O)N[C@@H]4C3)CC2)C1)S(=O)(=O)c1ccc(F)cc1Cl. The van der Waals surface area contributed by atoms with Crippen LogP contribution in [-0.4, -0.2) is 105 Å².